The van der Waals surface area contributed by atoms with Gasteiger partial charge in [0.25, 0.3) is 0 Å². The smallest absolute Gasteiger partial charge is 0.00130 e. The zero-order valence-electron chi connectivity index (χ0n) is 12.5. The topological polar surface area (TPSA) is 3.24 Å². The van der Waals surface area contributed by atoms with Crippen LogP contribution in [-0.2, 0) is 0 Å². The van der Waals surface area contributed by atoms with Crippen molar-refractivity contribution >= 4 is 10.8 Å². The number of piperidine rings is 1. The number of fused-ring (bicyclic) bond motifs is 1. The fourth-order valence-electron chi connectivity index (χ4n) is 3.39. The molecule has 20 heavy (non-hydrogen) atoms. The van der Waals surface area contributed by atoms with Crippen molar-refractivity contribution in [2.75, 3.05) is 19.6 Å². The van der Waals surface area contributed by atoms with Crippen LogP contribution in [0, 0.1) is 0 Å². The highest BCUT2D eigenvalue weighted by atomic mass is 15.1. The van der Waals surface area contributed by atoms with Gasteiger partial charge in [-0.05, 0) is 61.2 Å². The van der Waals surface area contributed by atoms with Gasteiger partial charge in [0, 0.05) is 0 Å². The molecular formula is C19H25N. The summed E-state index contributed by atoms with van der Waals surface area (Å²) in [5.41, 5.74) is 1.51. The molecular weight excluding hydrogens is 242 g/mol. The van der Waals surface area contributed by atoms with E-state index in [1.54, 1.807) is 0 Å². The molecule has 0 aliphatic carbocycles. The molecule has 1 aliphatic rings. The van der Waals surface area contributed by atoms with Gasteiger partial charge in [0.2, 0.25) is 0 Å². The second kappa shape index (κ2) is 6.41. The normalized spacial score (nSPS) is 18.2. The monoisotopic (exact) mass is 267 g/mol. The highest BCUT2D eigenvalue weighted by Crippen LogP contribution is 2.28. The first-order chi connectivity index (χ1) is 9.84. The highest BCUT2D eigenvalue weighted by molar-refractivity contribution is 5.86. The maximum atomic E-state index is 2.64. The molecule has 0 spiro atoms. The van der Waals surface area contributed by atoms with Crippen molar-refractivity contribution in [2.24, 2.45) is 0 Å². The third kappa shape index (κ3) is 3.04. The molecule has 2 aromatic carbocycles. The summed E-state index contributed by atoms with van der Waals surface area (Å²) < 4.78 is 0. The molecule has 0 radical (unpaired) electrons. The van der Waals surface area contributed by atoms with E-state index in [0.29, 0.717) is 5.92 Å². The fraction of sp³-hybridized carbons (Fsp3) is 0.474. The van der Waals surface area contributed by atoms with E-state index in [-0.39, 0.29) is 0 Å². The van der Waals surface area contributed by atoms with Crippen molar-refractivity contribution in [2.45, 2.75) is 38.5 Å². The zero-order valence-corrected chi connectivity index (χ0v) is 12.5. The summed E-state index contributed by atoms with van der Waals surface area (Å²) >= 11 is 0. The number of rotatable bonds is 4. The first kappa shape index (κ1) is 13.6. The third-order valence-corrected chi connectivity index (χ3v) is 4.68. The van der Waals surface area contributed by atoms with Gasteiger partial charge in [0.1, 0.15) is 0 Å². The molecule has 106 valence electrons. The Morgan fingerprint density at radius 3 is 2.55 bits per heavy atom. The van der Waals surface area contributed by atoms with E-state index < -0.39 is 0 Å². The zero-order chi connectivity index (χ0) is 13.8. The molecule has 1 saturated heterocycles. The summed E-state index contributed by atoms with van der Waals surface area (Å²) in [5, 5.41) is 2.80. The maximum Gasteiger partial charge on any atom is -0.00130 e. The molecule has 1 heterocycles. The van der Waals surface area contributed by atoms with E-state index in [4.69, 9.17) is 0 Å². The Labute approximate surface area is 122 Å². The Morgan fingerprint density at radius 1 is 0.950 bits per heavy atom. The highest BCUT2D eigenvalue weighted by Gasteiger charge is 2.13. The van der Waals surface area contributed by atoms with Gasteiger partial charge in [0.05, 0.1) is 0 Å². The molecule has 1 nitrogen and oxygen atoms in total. The third-order valence-electron chi connectivity index (χ3n) is 4.68. The standard InChI is InChI=1S/C19H25N/c1-16(12-15-20-13-5-2-6-14-20)18-11-7-9-17-8-3-4-10-19(17)18/h3-4,7-11,16H,2,5-6,12-15H2,1H3/t16-/m0/s1. The van der Waals surface area contributed by atoms with Gasteiger partial charge in [-0.25, -0.2) is 0 Å². The van der Waals surface area contributed by atoms with Crippen LogP contribution in [0.1, 0.15) is 44.1 Å². The summed E-state index contributed by atoms with van der Waals surface area (Å²) in [6.07, 6.45) is 5.48. The summed E-state index contributed by atoms with van der Waals surface area (Å²) in [6, 6.07) is 15.5. The van der Waals surface area contributed by atoms with Crippen LogP contribution in [0.15, 0.2) is 42.5 Å². The average molecular weight is 267 g/mol. The van der Waals surface area contributed by atoms with Crippen molar-refractivity contribution < 1.29 is 0 Å². The Kier molecular flexibility index (Phi) is 4.37. The number of likely N-dealkylation sites (tertiary alicyclic amines) is 1. The van der Waals surface area contributed by atoms with Gasteiger partial charge in [-0.3, -0.25) is 0 Å². The van der Waals surface area contributed by atoms with Crippen LogP contribution in [0.25, 0.3) is 10.8 Å². The molecule has 0 bridgehead atoms. The maximum absolute atomic E-state index is 2.64. The molecule has 0 amide bonds. The Bertz CT molecular complexity index is 549. The number of benzene rings is 2. The number of hydrogen-bond donors (Lipinski definition) is 0. The van der Waals surface area contributed by atoms with Gasteiger partial charge in [-0.1, -0.05) is 55.8 Å². The molecule has 3 rings (SSSR count). The average Bonchev–Trinajstić information content (AvgIpc) is 2.53. The van der Waals surface area contributed by atoms with E-state index in [0.717, 1.165) is 0 Å². The summed E-state index contributed by atoms with van der Waals surface area (Å²) in [6.45, 7) is 6.25. The van der Waals surface area contributed by atoms with Crippen molar-refractivity contribution in [3.05, 3.63) is 48.0 Å². The first-order valence-corrected chi connectivity index (χ1v) is 8.04. The predicted molar refractivity (Wildman–Crippen MR) is 87.3 cm³/mol. The van der Waals surface area contributed by atoms with Crippen molar-refractivity contribution in [3.8, 4) is 0 Å². The second-order valence-electron chi connectivity index (χ2n) is 6.16. The molecule has 1 aliphatic heterocycles. The lowest BCUT2D eigenvalue weighted by atomic mass is 9.92. The largest absolute Gasteiger partial charge is 0.303 e. The number of nitrogens with zero attached hydrogens (tertiary/aromatic N) is 1. The quantitative estimate of drug-likeness (QED) is 0.767. The van der Waals surface area contributed by atoms with Gasteiger partial charge >= 0.3 is 0 Å². The predicted octanol–water partition coefficient (Wildman–Crippen LogP) is 4.82. The van der Waals surface area contributed by atoms with Gasteiger partial charge in [-0.2, -0.15) is 0 Å². The molecule has 0 unspecified atom stereocenters. The molecule has 1 atom stereocenters. The summed E-state index contributed by atoms with van der Waals surface area (Å²) in [4.78, 5) is 2.64. The van der Waals surface area contributed by atoms with Crippen LogP contribution in [0.2, 0.25) is 0 Å². The van der Waals surface area contributed by atoms with Crippen LogP contribution < -0.4 is 0 Å². The minimum absolute atomic E-state index is 0.642. The summed E-state index contributed by atoms with van der Waals surface area (Å²) in [5.74, 6) is 0.642. The first-order valence-electron chi connectivity index (χ1n) is 8.04. The fourth-order valence-corrected chi connectivity index (χ4v) is 3.39. The minimum atomic E-state index is 0.642. The van der Waals surface area contributed by atoms with Crippen LogP contribution in [-0.4, -0.2) is 24.5 Å². The molecule has 1 fully saturated rings. The van der Waals surface area contributed by atoms with Crippen LogP contribution in [0.4, 0.5) is 0 Å². The van der Waals surface area contributed by atoms with E-state index in [1.807, 2.05) is 0 Å². The molecule has 0 saturated carbocycles. The van der Waals surface area contributed by atoms with Crippen LogP contribution >= 0.6 is 0 Å². The molecule has 0 aromatic heterocycles. The van der Waals surface area contributed by atoms with Gasteiger partial charge in [0.15, 0.2) is 0 Å². The lowest BCUT2D eigenvalue weighted by molar-refractivity contribution is 0.222. The Morgan fingerprint density at radius 2 is 1.70 bits per heavy atom. The van der Waals surface area contributed by atoms with E-state index in [2.05, 4.69) is 54.3 Å². The Balaban J connectivity index is 1.70. The molecule has 1 heteroatoms. The van der Waals surface area contributed by atoms with Crippen molar-refractivity contribution in [1.29, 1.82) is 0 Å². The lowest BCUT2D eigenvalue weighted by Crippen LogP contribution is -2.31. The van der Waals surface area contributed by atoms with Crippen molar-refractivity contribution in [3.63, 3.8) is 0 Å². The lowest BCUT2D eigenvalue weighted by Gasteiger charge is -2.27. The van der Waals surface area contributed by atoms with Gasteiger partial charge in [-0.15, -0.1) is 0 Å². The molecule has 0 N–H and O–H groups in total. The van der Waals surface area contributed by atoms with E-state index in [1.165, 1.54) is 61.7 Å². The van der Waals surface area contributed by atoms with Crippen molar-refractivity contribution in [1.82, 2.24) is 4.90 Å². The summed E-state index contributed by atoms with van der Waals surface area (Å²) in [7, 11) is 0. The SMILES string of the molecule is C[C@@H](CCN1CCCCC1)c1cccc2ccccc12. The van der Waals surface area contributed by atoms with Crippen LogP contribution in [0.5, 0.6) is 0 Å². The Hall–Kier alpha value is -1.34. The van der Waals surface area contributed by atoms with Crippen LogP contribution in [0.3, 0.4) is 0 Å². The number of hydrogen-bond acceptors (Lipinski definition) is 1. The van der Waals surface area contributed by atoms with Gasteiger partial charge < -0.3 is 4.90 Å². The van der Waals surface area contributed by atoms with E-state index >= 15 is 0 Å². The minimum Gasteiger partial charge on any atom is -0.303 e. The molecule has 2 aromatic rings. The van der Waals surface area contributed by atoms with E-state index in [9.17, 15) is 0 Å². The second-order valence-corrected chi connectivity index (χ2v) is 6.16.